The Morgan fingerprint density at radius 2 is 1.84 bits per heavy atom. The zero-order valence-corrected chi connectivity index (χ0v) is 21.4. The number of likely N-dealkylation sites (N-methyl/N-ethyl adjacent to an activating group) is 1. The van der Waals surface area contributed by atoms with Crippen molar-refractivity contribution in [3.05, 3.63) is 95.6 Å². The summed E-state index contributed by atoms with van der Waals surface area (Å²) in [6.45, 7) is 5.76. The molecule has 0 bridgehead atoms. The van der Waals surface area contributed by atoms with Gasteiger partial charge < -0.3 is 14.8 Å². The average Bonchev–Trinajstić information content (AvgIpc) is 3.60. The number of pyridine rings is 2. The quantitative estimate of drug-likeness (QED) is 0.403. The molecule has 1 atom stereocenters. The number of hydrogen-bond donors (Lipinski definition) is 1. The fourth-order valence-electron chi connectivity index (χ4n) is 5.75. The molecule has 1 N–H and O–H groups in total. The number of amides is 1. The Balaban J connectivity index is 1.21. The van der Waals surface area contributed by atoms with Crippen molar-refractivity contribution in [3.63, 3.8) is 0 Å². The van der Waals surface area contributed by atoms with E-state index in [1.54, 1.807) is 12.5 Å². The Kier molecular flexibility index (Phi) is 5.67. The molecule has 2 aliphatic heterocycles. The van der Waals surface area contributed by atoms with Crippen molar-refractivity contribution in [2.75, 3.05) is 39.8 Å². The fourth-order valence-corrected chi connectivity index (χ4v) is 5.75. The number of hydrogen-bond acceptors (Lipinski definition) is 6. The first-order chi connectivity index (χ1) is 18.6. The number of fused-ring (bicyclic) bond motifs is 3. The van der Waals surface area contributed by atoms with E-state index >= 15 is 0 Å². The topological polar surface area (TPSA) is 85.7 Å². The first-order valence-electron chi connectivity index (χ1n) is 13.2. The van der Waals surface area contributed by atoms with Crippen LogP contribution in [0.4, 0.5) is 0 Å². The summed E-state index contributed by atoms with van der Waals surface area (Å²) in [5.41, 5.74) is 5.34. The van der Waals surface area contributed by atoms with E-state index in [4.69, 9.17) is 4.98 Å². The van der Waals surface area contributed by atoms with Gasteiger partial charge in [-0.2, -0.15) is 5.10 Å². The second-order valence-electron chi connectivity index (χ2n) is 10.4. The van der Waals surface area contributed by atoms with Crippen LogP contribution >= 0.6 is 0 Å². The molecular formula is C29H30N8O. The Morgan fingerprint density at radius 1 is 1.00 bits per heavy atom. The lowest BCUT2D eigenvalue weighted by Gasteiger charge is -2.34. The lowest BCUT2D eigenvalue weighted by molar-refractivity contribution is 0.0689. The highest BCUT2D eigenvalue weighted by Gasteiger charge is 2.36. The number of H-pyrrole nitrogens is 1. The van der Waals surface area contributed by atoms with Gasteiger partial charge in [-0.25, -0.2) is 9.50 Å². The first kappa shape index (κ1) is 23.1. The number of carbonyl (C=O) groups is 1. The molecule has 0 spiro atoms. The van der Waals surface area contributed by atoms with Gasteiger partial charge in [-0.05, 0) is 30.1 Å². The molecule has 6 heterocycles. The molecule has 5 aromatic rings. The lowest BCUT2D eigenvalue weighted by Crippen LogP contribution is -2.43. The molecule has 9 heteroatoms. The molecule has 7 rings (SSSR count). The monoisotopic (exact) mass is 506 g/mol. The summed E-state index contributed by atoms with van der Waals surface area (Å²) in [4.78, 5) is 33.5. The maximum Gasteiger partial charge on any atom is 0.258 e. The van der Waals surface area contributed by atoms with Crippen LogP contribution in [0.25, 0.3) is 16.3 Å². The number of nitrogens with zero attached hydrogens (tertiary/aromatic N) is 7. The second-order valence-corrected chi connectivity index (χ2v) is 10.4. The van der Waals surface area contributed by atoms with Gasteiger partial charge in [-0.15, -0.1) is 0 Å². The molecule has 1 aromatic carbocycles. The number of carbonyl (C=O) groups excluding carboxylic acids is 1. The third-order valence-corrected chi connectivity index (χ3v) is 7.93. The number of benzene rings is 1. The second kappa shape index (κ2) is 9.34. The molecule has 192 valence electrons. The first-order valence-corrected chi connectivity index (χ1v) is 13.2. The highest BCUT2D eigenvalue weighted by molar-refractivity contribution is 6.01. The third-order valence-electron chi connectivity index (χ3n) is 7.93. The predicted octanol–water partition coefficient (Wildman–Crippen LogP) is 3.14. The summed E-state index contributed by atoms with van der Waals surface area (Å²) in [5, 5.41) is 6.74. The van der Waals surface area contributed by atoms with Crippen LogP contribution in [0.15, 0.2) is 67.4 Å². The number of imidazole rings is 1. The summed E-state index contributed by atoms with van der Waals surface area (Å²) in [6.07, 6.45) is 8.06. The number of piperazine rings is 1. The van der Waals surface area contributed by atoms with Gasteiger partial charge >= 0.3 is 0 Å². The lowest BCUT2D eigenvalue weighted by atomic mass is 9.97. The van der Waals surface area contributed by atoms with Crippen molar-refractivity contribution in [1.29, 1.82) is 0 Å². The summed E-state index contributed by atoms with van der Waals surface area (Å²) in [5.74, 6) is -0.0552. The van der Waals surface area contributed by atoms with Crippen LogP contribution in [0.3, 0.4) is 0 Å². The Labute approximate surface area is 220 Å². The van der Waals surface area contributed by atoms with Crippen molar-refractivity contribution in [3.8, 4) is 0 Å². The van der Waals surface area contributed by atoms with E-state index in [1.165, 1.54) is 5.56 Å². The minimum Gasteiger partial charge on any atom is -0.348 e. The molecular weight excluding hydrogens is 476 g/mol. The van der Waals surface area contributed by atoms with Crippen molar-refractivity contribution < 1.29 is 4.79 Å². The van der Waals surface area contributed by atoms with E-state index in [-0.39, 0.29) is 11.9 Å². The smallest absolute Gasteiger partial charge is 0.258 e. The largest absolute Gasteiger partial charge is 0.348 e. The Hall–Kier alpha value is -4.08. The molecule has 0 saturated carbocycles. The van der Waals surface area contributed by atoms with Gasteiger partial charge in [-0.1, -0.05) is 30.3 Å². The van der Waals surface area contributed by atoms with E-state index in [0.29, 0.717) is 12.1 Å². The van der Waals surface area contributed by atoms with Crippen molar-refractivity contribution in [2.45, 2.75) is 19.0 Å². The van der Waals surface area contributed by atoms with Crippen LogP contribution in [-0.4, -0.2) is 84.9 Å². The van der Waals surface area contributed by atoms with Gasteiger partial charge in [0, 0.05) is 69.2 Å². The zero-order chi connectivity index (χ0) is 25.6. The molecule has 4 aromatic heterocycles. The van der Waals surface area contributed by atoms with Gasteiger partial charge in [0.15, 0.2) is 0 Å². The van der Waals surface area contributed by atoms with Crippen LogP contribution in [0.1, 0.15) is 39.0 Å². The highest BCUT2D eigenvalue weighted by Crippen LogP contribution is 2.35. The Bertz CT molecular complexity index is 1630. The standard InChI is InChI=1S/C29H30N8O/c1-34-10-12-35(13-11-34)17-20-6-7-26-23(16-33-37(26)18-20)29(38)36-9-8-24-27(32-19-31-24)28(36)25-14-21-4-2-3-5-22(21)15-30-25/h2-7,14-16,18-19,28H,8-13,17H2,1H3,(H,31,32)/t28-/m1/s1. The van der Waals surface area contributed by atoms with Crippen LogP contribution in [-0.2, 0) is 13.0 Å². The minimum atomic E-state index is -0.367. The van der Waals surface area contributed by atoms with Gasteiger partial charge in [-0.3, -0.25) is 14.7 Å². The molecule has 1 saturated heterocycles. The molecule has 1 fully saturated rings. The maximum absolute atomic E-state index is 14.1. The third kappa shape index (κ3) is 4.04. The van der Waals surface area contributed by atoms with Crippen molar-refractivity contribution in [1.82, 2.24) is 39.3 Å². The summed E-state index contributed by atoms with van der Waals surface area (Å²) in [6, 6.07) is 14.0. The van der Waals surface area contributed by atoms with E-state index in [9.17, 15) is 4.79 Å². The van der Waals surface area contributed by atoms with E-state index < -0.39 is 0 Å². The fraction of sp³-hybridized carbons (Fsp3) is 0.310. The van der Waals surface area contributed by atoms with E-state index in [2.05, 4.69) is 56.3 Å². The average molecular weight is 507 g/mol. The Morgan fingerprint density at radius 3 is 2.71 bits per heavy atom. The van der Waals surface area contributed by atoms with Gasteiger partial charge in [0.1, 0.15) is 6.04 Å². The summed E-state index contributed by atoms with van der Waals surface area (Å²) in [7, 11) is 2.17. The van der Waals surface area contributed by atoms with Crippen LogP contribution < -0.4 is 0 Å². The number of aromatic nitrogens is 5. The zero-order valence-electron chi connectivity index (χ0n) is 21.4. The predicted molar refractivity (Wildman–Crippen MR) is 145 cm³/mol. The minimum absolute atomic E-state index is 0.0552. The summed E-state index contributed by atoms with van der Waals surface area (Å²) < 4.78 is 1.84. The molecule has 1 amide bonds. The molecule has 9 nitrogen and oxygen atoms in total. The maximum atomic E-state index is 14.1. The molecule has 0 radical (unpaired) electrons. The van der Waals surface area contributed by atoms with Gasteiger partial charge in [0.25, 0.3) is 5.91 Å². The highest BCUT2D eigenvalue weighted by atomic mass is 16.2. The van der Waals surface area contributed by atoms with Crippen molar-refractivity contribution in [2.24, 2.45) is 0 Å². The van der Waals surface area contributed by atoms with Gasteiger partial charge in [0.2, 0.25) is 0 Å². The number of nitrogens with one attached hydrogen (secondary N) is 1. The molecule has 2 aliphatic rings. The van der Waals surface area contributed by atoms with Crippen LogP contribution in [0, 0.1) is 0 Å². The SMILES string of the molecule is CN1CCN(Cc2ccc3c(C(=O)N4CCc5[nH]cnc5[C@H]4c4cc5ccccc5cn4)cnn3c2)CC1. The summed E-state index contributed by atoms with van der Waals surface area (Å²) >= 11 is 0. The van der Waals surface area contributed by atoms with E-state index in [0.717, 1.165) is 72.5 Å². The van der Waals surface area contributed by atoms with Crippen LogP contribution in [0.5, 0.6) is 0 Å². The van der Waals surface area contributed by atoms with Crippen molar-refractivity contribution >= 4 is 22.2 Å². The molecule has 38 heavy (non-hydrogen) atoms. The van der Waals surface area contributed by atoms with Crippen LogP contribution in [0.2, 0.25) is 0 Å². The number of aromatic amines is 1. The number of rotatable bonds is 4. The normalized spacial score (nSPS) is 18.8. The van der Waals surface area contributed by atoms with Gasteiger partial charge in [0.05, 0.1) is 35.0 Å². The molecule has 0 aliphatic carbocycles. The van der Waals surface area contributed by atoms with E-state index in [1.807, 2.05) is 39.9 Å². The molecule has 0 unspecified atom stereocenters.